The Hall–Kier alpha value is -2.62. The summed E-state index contributed by atoms with van der Waals surface area (Å²) in [5, 5.41) is 8.71. The first-order valence-electron chi connectivity index (χ1n) is 8.22. The van der Waals surface area contributed by atoms with Gasteiger partial charge in [-0.1, -0.05) is 12.1 Å². The normalized spacial score (nSPS) is 10.9. The molecule has 0 fully saturated rings. The number of anilines is 1. The van der Waals surface area contributed by atoms with Crippen molar-refractivity contribution in [2.24, 2.45) is 0 Å². The van der Waals surface area contributed by atoms with Gasteiger partial charge in [-0.25, -0.2) is 0 Å². The van der Waals surface area contributed by atoms with E-state index in [9.17, 15) is 4.79 Å². The van der Waals surface area contributed by atoms with Crippen molar-refractivity contribution < 1.29 is 14.5 Å². The summed E-state index contributed by atoms with van der Waals surface area (Å²) in [6, 6.07) is 14.5. The van der Waals surface area contributed by atoms with Gasteiger partial charge in [0.2, 0.25) is 5.69 Å². The number of carbonyl (C=O) groups is 1. The minimum atomic E-state index is -0.727. The second-order valence-corrected chi connectivity index (χ2v) is 5.99. The van der Waals surface area contributed by atoms with Gasteiger partial charge in [-0.2, -0.15) is 4.57 Å². The molecule has 0 unspecified atom stereocenters. The van der Waals surface area contributed by atoms with E-state index in [-0.39, 0.29) is 6.42 Å². The van der Waals surface area contributed by atoms with E-state index in [1.54, 1.807) is 0 Å². The van der Waals surface area contributed by atoms with Crippen molar-refractivity contribution in [1.29, 1.82) is 0 Å². The molecule has 2 rings (SSSR count). The van der Waals surface area contributed by atoms with Crippen LogP contribution in [-0.4, -0.2) is 25.2 Å². The summed E-state index contributed by atoms with van der Waals surface area (Å²) in [6.45, 7) is 0.827. The van der Waals surface area contributed by atoms with Gasteiger partial charge in [-0.15, -0.1) is 0 Å². The number of aliphatic carboxylic acids is 1. The molecular formula is C20H25N2O2+. The first-order valence-corrected chi connectivity index (χ1v) is 8.22. The number of hydrogen-bond acceptors (Lipinski definition) is 2. The molecule has 1 aromatic carbocycles. The second kappa shape index (κ2) is 8.87. The smallest absolute Gasteiger partial charge is 0.303 e. The molecule has 0 bridgehead atoms. The Morgan fingerprint density at radius 1 is 1.08 bits per heavy atom. The molecule has 24 heavy (non-hydrogen) atoms. The maximum atomic E-state index is 10.6. The fourth-order valence-corrected chi connectivity index (χ4v) is 2.47. The van der Waals surface area contributed by atoms with Gasteiger partial charge in [0, 0.05) is 50.8 Å². The van der Waals surface area contributed by atoms with Crippen LogP contribution in [0.2, 0.25) is 0 Å². The van der Waals surface area contributed by atoms with Crippen LogP contribution in [-0.2, 0) is 11.3 Å². The third kappa shape index (κ3) is 5.54. The van der Waals surface area contributed by atoms with E-state index in [1.165, 1.54) is 5.69 Å². The summed E-state index contributed by atoms with van der Waals surface area (Å²) in [5.41, 5.74) is 3.45. The van der Waals surface area contributed by atoms with Crippen molar-refractivity contribution >= 4 is 23.8 Å². The Bertz CT molecular complexity index is 691. The average Bonchev–Trinajstić information content (AvgIpc) is 2.58. The number of aryl methyl sites for hydroxylation is 1. The van der Waals surface area contributed by atoms with E-state index in [2.05, 4.69) is 52.0 Å². The average molecular weight is 325 g/mol. The molecular weight excluding hydrogens is 300 g/mol. The zero-order chi connectivity index (χ0) is 17.4. The molecule has 0 amide bonds. The van der Waals surface area contributed by atoms with Gasteiger partial charge in [0.15, 0.2) is 6.20 Å². The lowest BCUT2D eigenvalue weighted by Gasteiger charge is -2.11. The zero-order valence-electron chi connectivity index (χ0n) is 14.4. The summed E-state index contributed by atoms with van der Waals surface area (Å²) >= 11 is 0. The van der Waals surface area contributed by atoms with Gasteiger partial charge in [-0.05, 0) is 36.3 Å². The van der Waals surface area contributed by atoms with Crippen LogP contribution in [0.1, 0.15) is 30.5 Å². The SMILES string of the molecule is CN(C)c1ccc(/C=C/c2cccc[n+]2CCCCC(=O)O)cc1. The molecule has 126 valence electrons. The summed E-state index contributed by atoms with van der Waals surface area (Å²) < 4.78 is 2.16. The monoisotopic (exact) mass is 325 g/mol. The minimum Gasteiger partial charge on any atom is -0.481 e. The number of carboxylic acids is 1. The van der Waals surface area contributed by atoms with Crippen LogP contribution in [0.25, 0.3) is 12.2 Å². The highest BCUT2D eigenvalue weighted by molar-refractivity contribution is 5.68. The summed E-state index contributed by atoms with van der Waals surface area (Å²) in [7, 11) is 4.06. The molecule has 4 nitrogen and oxygen atoms in total. The number of aromatic nitrogens is 1. The standard InChI is InChI=1S/C20H24N2O2/c1-21(2)18-12-9-17(10-13-18)11-14-19-7-3-5-15-22(19)16-6-4-8-20(23)24/h3,5,7,9-15H,4,6,8,16H2,1-2H3/p+1. The number of rotatable bonds is 8. The van der Waals surface area contributed by atoms with Gasteiger partial charge in [0.25, 0.3) is 0 Å². The maximum absolute atomic E-state index is 10.6. The minimum absolute atomic E-state index is 0.233. The topological polar surface area (TPSA) is 44.4 Å². The Labute approximate surface area is 143 Å². The zero-order valence-corrected chi connectivity index (χ0v) is 14.4. The maximum Gasteiger partial charge on any atom is 0.303 e. The van der Waals surface area contributed by atoms with Gasteiger partial charge < -0.3 is 10.0 Å². The largest absolute Gasteiger partial charge is 0.481 e. The molecule has 0 saturated heterocycles. The molecule has 4 heteroatoms. The van der Waals surface area contributed by atoms with E-state index in [1.807, 2.05) is 32.4 Å². The van der Waals surface area contributed by atoms with E-state index in [0.717, 1.165) is 24.2 Å². The molecule has 0 atom stereocenters. The predicted molar refractivity (Wildman–Crippen MR) is 97.8 cm³/mol. The molecule has 0 radical (unpaired) electrons. The second-order valence-electron chi connectivity index (χ2n) is 5.99. The highest BCUT2D eigenvalue weighted by Gasteiger charge is 2.07. The first-order chi connectivity index (χ1) is 11.6. The third-order valence-electron chi connectivity index (χ3n) is 3.87. The highest BCUT2D eigenvalue weighted by Crippen LogP contribution is 2.14. The molecule has 1 heterocycles. The highest BCUT2D eigenvalue weighted by atomic mass is 16.4. The Kier molecular flexibility index (Phi) is 6.55. The summed E-state index contributed by atoms with van der Waals surface area (Å²) in [4.78, 5) is 12.7. The fraction of sp³-hybridized carbons (Fsp3) is 0.300. The predicted octanol–water partition coefficient (Wildman–Crippen LogP) is 3.47. The summed E-state index contributed by atoms with van der Waals surface area (Å²) in [5.74, 6) is -0.727. The van der Waals surface area contributed by atoms with E-state index in [0.29, 0.717) is 6.42 Å². The molecule has 0 aliphatic heterocycles. The Morgan fingerprint density at radius 2 is 1.83 bits per heavy atom. The fourth-order valence-electron chi connectivity index (χ4n) is 2.47. The lowest BCUT2D eigenvalue weighted by atomic mass is 10.1. The van der Waals surface area contributed by atoms with Crippen molar-refractivity contribution in [3.63, 3.8) is 0 Å². The van der Waals surface area contributed by atoms with Crippen LogP contribution in [0, 0.1) is 0 Å². The number of carboxylic acid groups (broad SMARTS) is 1. The molecule has 1 N–H and O–H groups in total. The van der Waals surface area contributed by atoms with Crippen molar-refractivity contribution in [1.82, 2.24) is 0 Å². The number of benzene rings is 1. The van der Waals surface area contributed by atoms with Crippen molar-refractivity contribution in [3.05, 3.63) is 59.9 Å². The molecule has 1 aromatic heterocycles. The summed E-state index contributed by atoms with van der Waals surface area (Å²) in [6.07, 6.45) is 8.03. The van der Waals surface area contributed by atoms with Crippen LogP contribution in [0.3, 0.4) is 0 Å². The number of unbranched alkanes of at least 4 members (excludes halogenated alkanes) is 1. The number of hydrogen-bond donors (Lipinski definition) is 1. The molecule has 2 aromatic rings. The Balaban J connectivity index is 2.02. The first kappa shape index (κ1) is 17.7. The number of pyridine rings is 1. The van der Waals surface area contributed by atoms with Gasteiger partial charge >= 0.3 is 5.97 Å². The van der Waals surface area contributed by atoms with Gasteiger partial charge in [0.1, 0.15) is 6.54 Å². The number of nitrogens with zero attached hydrogens (tertiary/aromatic N) is 2. The molecule has 0 spiro atoms. The van der Waals surface area contributed by atoms with Gasteiger partial charge in [0.05, 0.1) is 0 Å². The van der Waals surface area contributed by atoms with Crippen molar-refractivity contribution in [2.45, 2.75) is 25.8 Å². The molecule has 0 aliphatic rings. The Morgan fingerprint density at radius 3 is 2.50 bits per heavy atom. The van der Waals surface area contributed by atoms with E-state index >= 15 is 0 Å². The molecule has 0 saturated carbocycles. The lowest BCUT2D eigenvalue weighted by molar-refractivity contribution is -0.699. The van der Waals surface area contributed by atoms with Gasteiger partial charge in [-0.3, -0.25) is 4.79 Å². The van der Waals surface area contributed by atoms with Crippen LogP contribution in [0.4, 0.5) is 5.69 Å². The van der Waals surface area contributed by atoms with Crippen molar-refractivity contribution in [2.75, 3.05) is 19.0 Å². The quantitative estimate of drug-likeness (QED) is 0.597. The van der Waals surface area contributed by atoms with E-state index < -0.39 is 5.97 Å². The third-order valence-corrected chi connectivity index (χ3v) is 3.87. The van der Waals surface area contributed by atoms with Crippen molar-refractivity contribution in [3.8, 4) is 0 Å². The molecule has 0 aliphatic carbocycles. The van der Waals surface area contributed by atoms with E-state index in [4.69, 9.17) is 5.11 Å². The van der Waals surface area contributed by atoms with Crippen LogP contribution in [0.15, 0.2) is 48.7 Å². The van der Waals surface area contributed by atoms with Crippen LogP contribution >= 0.6 is 0 Å². The lowest BCUT2D eigenvalue weighted by Crippen LogP contribution is -2.36. The van der Waals surface area contributed by atoms with Crippen LogP contribution < -0.4 is 9.47 Å². The van der Waals surface area contributed by atoms with Crippen LogP contribution in [0.5, 0.6) is 0 Å².